The van der Waals surface area contributed by atoms with Gasteiger partial charge >= 0.3 is 0 Å². The summed E-state index contributed by atoms with van der Waals surface area (Å²) >= 11 is 6.22. The second kappa shape index (κ2) is 7.38. The molecule has 2 aliphatic heterocycles. The van der Waals surface area contributed by atoms with Gasteiger partial charge in [-0.2, -0.15) is 0 Å². The SMILES string of the molecule is O=C1CCCCN1CC1CCN(c2ccc([N+](=O)[O-])cc2Cl)CC1. The fraction of sp³-hybridized carbons (Fsp3) is 0.588. The number of anilines is 1. The van der Waals surface area contributed by atoms with E-state index in [0.29, 0.717) is 23.3 Å². The molecule has 0 aromatic heterocycles. The number of nitro groups is 1. The summed E-state index contributed by atoms with van der Waals surface area (Å²) in [6.45, 7) is 3.49. The van der Waals surface area contributed by atoms with E-state index in [0.717, 1.165) is 57.5 Å². The molecule has 0 spiro atoms. The summed E-state index contributed by atoms with van der Waals surface area (Å²) < 4.78 is 0. The van der Waals surface area contributed by atoms with E-state index in [2.05, 4.69) is 4.90 Å². The van der Waals surface area contributed by atoms with Crippen molar-refractivity contribution < 1.29 is 9.72 Å². The summed E-state index contributed by atoms with van der Waals surface area (Å²) in [5.41, 5.74) is 0.872. The van der Waals surface area contributed by atoms with Gasteiger partial charge in [-0.1, -0.05) is 11.6 Å². The van der Waals surface area contributed by atoms with Crippen LogP contribution in [0.25, 0.3) is 0 Å². The van der Waals surface area contributed by atoms with Gasteiger partial charge < -0.3 is 9.80 Å². The summed E-state index contributed by atoms with van der Waals surface area (Å²) in [7, 11) is 0. The molecule has 0 saturated carbocycles. The van der Waals surface area contributed by atoms with Crippen molar-refractivity contribution in [2.75, 3.05) is 31.1 Å². The largest absolute Gasteiger partial charge is 0.370 e. The first-order valence-corrected chi connectivity index (χ1v) is 8.89. The fourth-order valence-electron chi connectivity index (χ4n) is 3.59. The third-order valence-electron chi connectivity index (χ3n) is 5.00. The molecule has 1 aromatic carbocycles. The monoisotopic (exact) mass is 351 g/mol. The number of carbonyl (C=O) groups is 1. The predicted molar refractivity (Wildman–Crippen MR) is 93.5 cm³/mol. The molecular weight excluding hydrogens is 330 g/mol. The Morgan fingerprint density at radius 1 is 1.21 bits per heavy atom. The Morgan fingerprint density at radius 2 is 1.96 bits per heavy atom. The summed E-state index contributed by atoms with van der Waals surface area (Å²) in [6.07, 6.45) is 4.85. The average Bonchev–Trinajstić information content (AvgIpc) is 2.58. The highest BCUT2D eigenvalue weighted by molar-refractivity contribution is 6.33. The number of benzene rings is 1. The van der Waals surface area contributed by atoms with Crippen molar-refractivity contribution in [3.63, 3.8) is 0 Å². The van der Waals surface area contributed by atoms with Crippen LogP contribution in [0.15, 0.2) is 18.2 Å². The third kappa shape index (κ3) is 3.80. The second-order valence-corrected chi connectivity index (χ2v) is 7.03. The van der Waals surface area contributed by atoms with E-state index in [1.54, 1.807) is 6.07 Å². The number of nitro benzene ring substituents is 1. The lowest BCUT2D eigenvalue weighted by molar-refractivity contribution is -0.384. The van der Waals surface area contributed by atoms with Crippen molar-refractivity contribution in [1.82, 2.24) is 4.90 Å². The fourth-order valence-corrected chi connectivity index (χ4v) is 3.88. The first kappa shape index (κ1) is 17.0. The highest BCUT2D eigenvalue weighted by atomic mass is 35.5. The molecule has 3 rings (SSSR count). The molecule has 2 aliphatic rings. The Balaban J connectivity index is 1.57. The van der Waals surface area contributed by atoms with Gasteiger partial charge in [0.1, 0.15) is 0 Å². The van der Waals surface area contributed by atoms with Gasteiger partial charge in [0.15, 0.2) is 0 Å². The minimum absolute atomic E-state index is 0.0160. The lowest BCUT2D eigenvalue weighted by Crippen LogP contribution is -2.42. The third-order valence-corrected chi connectivity index (χ3v) is 5.30. The van der Waals surface area contributed by atoms with Crippen LogP contribution < -0.4 is 4.90 Å². The summed E-state index contributed by atoms with van der Waals surface area (Å²) in [5.74, 6) is 0.821. The molecular formula is C17H22ClN3O3. The highest BCUT2D eigenvalue weighted by Gasteiger charge is 2.26. The predicted octanol–water partition coefficient (Wildman–Crippen LogP) is 3.48. The quantitative estimate of drug-likeness (QED) is 0.615. The number of rotatable bonds is 4. The number of likely N-dealkylation sites (tertiary alicyclic amines) is 1. The summed E-state index contributed by atoms with van der Waals surface area (Å²) in [5, 5.41) is 11.2. The molecule has 7 heteroatoms. The molecule has 2 saturated heterocycles. The first-order valence-electron chi connectivity index (χ1n) is 8.51. The maximum absolute atomic E-state index is 11.9. The molecule has 1 amide bonds. The molecule has 24 heavy (non-hydrogen) atoms. The zero-order chi connectivity index (χ0) is 17.1. The van der Waals surface area contributed by atoms with E-state index < -0.39 is 4.92 Å². The number of amides is 1. The zero-order valence-corrected chi connectivity index (χ0v) is 14.4. The number of hydrogen-bond donors (Lipinski definition) is 0. The van der Waals surface area contributed by atoms with Gasteiger partial charge in [0.25, 0.3) is 5.69 Å². The van der Waals surface area contributed by atoms with Crippen LogP contribution in [-0.2, 0) is 4.79 Å². The Morgan fingerprint density at radius 3 is 2.58 bits per heavy atom. The molecule has 2 heterocycles. The van der Waals surface area contributed by atoms with Crippen LogP contribution in [0.3, 0.4) is 0 Å². The maximum atomic E-state index is 11.9. The van der Waals surface area contributed by atoms with Crippen LogP contribution in [0.4, 0.5) is 11.4 Å². The lowest BCUT2D eigenvalue weighted by Gasteiger charge is -2.37. The molecule has 0 N–H and O–H groups in total. The number of carbonyl (C=O) groups excluding carboxylic acids is 1. The molecule has 0 bridgehead atoms. The van der Waals surface area contributed by atoms with Gasteiger partial charge in [-0.25, -0.2) is 0 Å². The van der Waals surface area contributed by atoms with Crippen LogP contribution in [0.5, 0.6) is 0 Å². The molecule has 2 fully saturated rings. The van der Waals surface area contributed by atoms with Crippen molar-refractivity contribution in [1.29, 1.82) is 0 Å². The number of halogens is 1. The van der Waals surface area contributed by atoms with Gasteiger partial charge in [0.05, 0.1) is 15.6 Å². The Kier molecular flexibility index (Phi) is 5.23. The lowest BCUT2D eigenvalue weighted by atomic mass is 9.94. The van der Waals surface area contributed by atoms with E-state index in [-0.39, 0.29) is 5.69 Å². The van der Waals surface area contributed by atoms with Crippen molar-refractivity contribution >= 4 is 28.9 Å². The minimum atomic E-state index is -0.433. The number of piperidine rings is 2. The van der Waals surface area contributed by atoms with Gasteiger partial charge in [-0.15, -0.1) is 0 Å². The number of nitrogens with zero attached hydrogens (tertiary/aromatic N) is 3. The number of hydrogen-bond acceptors (Lipinski definition) is 4. The maximum Gasteiger partial charge on any atom is 0.271 e. The molecule has 0 unspecified atom stereocenters. The molecule has 6 nitrogen and oxygen atoms in total. The van der Waals surface area contributed by atoms with Crippen LogP contribution in [0.2, 0.25) is 5.02 Å². The van der Waals surface area contributed by atoms with E-state index in [9.17, 15) is 14.9 Å². The van der Waals surface area contributed by atoms with Gasteiger partial charge in [0.2, 0.25) is 5.91 Å². The second-order valence-electron chi connectivity index (χ2n) is 6.62. The van der Waals surface area contributed by atoms with Crippen molar-refractivity contribution in [2.45, 2.75) is 32.1 Å². The first-order chi connectivity index (χ1) is 11.5. The molecule has 0 atom stereocenters. The highest BCUT2D eigenvalue weighted by Crippen LogP contribution is 2.32. The van der Waals surface area contributed by atoms with E-state index >= 15 is 0 Å². The van der Waals surface area contributed by atoms with Gasteiger partial charge in [0, 0.05) is 44.7 Å². The van der Waals surface area contributed by atoms with Crippen LogP contribution in [0.1, 0.15) is 32.1 Å². The van der Waals surface area contributed by atoms with Gasteiger partial charge in [-0.3, -0.25) is 14.9 Å². The van der Waals surface area contributed by atoms with E-state index in [1.165, 1.54) is 12.1 Å². The van der Waals surface area contributed by atoms with Crippen LogP contribution in [-0.4, -0.2) is 41.9 Å². The van der Waals surface area contributed by atoms with Crippen molar-refractivity contribution in [2.24, 2.45) is 5.92 Å². The van der Waals surface area contributed by atoms with Gasteiger partial charge in [-0.05, 0) is 37.7 Å². The van der Waals surface area contributed by atoms with Crippen LogP contribution in [0, 0.1) is 16.0 Å². The molecule has 130 valence electrons. The number of non-ortho nitro benzene ring substituents is 1. The van der Waals surface area contributed by atoms with E-state index in [1.807, 2.05) is 4.90 Å². The molecule has 1 aromatic rings. The standard InChI is InChI=1S/C17H22ClN3O3/c18-15-11-14(21(23)24)4-5-16(15)19-9-6-13(7-10-19)12-20-8-2-1-3-17(20)22/h4-5,11,13H,1-3,6-10,12H2. The zero-order valence-electron chi connectivity index (χ0n) is 13.6. The Hall–Kier alpha value is -1.82. The van der Waals surface area contributed by atoms with Crippen LogP contribution >= 0.6 is 11.6 Å². The smallest absolute Gasteiger partial charge is 0.271 e. The Labute approximate surface area is 146 Å². The average molecular weight is 352 g/mol. The Bertz CT molecular complexity index is 630. The minimum Gasteiger partial charge on any atom is -0.370 e. The van der Waals surface area contributed by atoms with E-state index in [4.69, 9.17) is 11.6 Å². The van der Waals surface area contributed by atoms with Crippen molar-refractivity contribution in [3.05, 3.63) is 33.3 Å². The molecule has 0 radical (unpaired) electrons. The topological polar surface area (TPSA) is 66.7 Å². The van der Waals surface area contributed by atoms with Crippen molar-refractivity contribution in [3.8, 4) is 0 Å². The molecule has 0 aliphatic carbocycles. The normalized spacial score (nSPS) is 19.6. The summed E-state index contributed by atoms with van der Waals surface area (Å²) in [6, 6.07) is 4.64. The summed E-state index contributed by atoms with van der Waals surface area (Å²) in [4.78, 5) is 26.5.